The van der Waals surface area contributed by atoms with Crippen LogP contribution < -0.4 is 9.47 Å². The molecule has 0 radical (unpaired) electrons. The molecule has 0 aliphatic rings. The summed E-state index contributed by atoms with van der Waals surface area (Å²) in [6.45, 7) is 0. The molecule has 0 spiro atoms. The lowest BCUT2D eigenvalue weighted by Crippen LogP contribution is -2.08. The van der Waals surface area contributed by atoms with E-state index in [0.717, 1.165) is 0 Å². The minimum atomic E-state index is -0.746. The average Bonchev–Trinajstić information content (AvgIpc) is 3.14. The Kier molecular flexibility index (Phi) is 5.36. The van der Waals surface area contributed by atoms with Gasteiger partial charge in [-0.1, -0.05) is 6.07 Å². The lowest BCUT2D eigenvalue weighted by Gasteiger charge is -2.09. The van der Waals surface area contributed by atoms with E-state index in [1.54, 1.807) is 18.2 Å². The number of rotatable bonds is 5. The first-order valence-corrected chi connectivity index (χ1v) is 6.73. The van der Waals surface area contributed by atoms with E-state index in [4.69, 9.17) is 19.2 Å². The van der Waals surface area contributed by atoms with Gasteiger partial charge >= 0.3 is 11.9 Å². The molecular weight excluding hydrogens is 314 g/mol. The fourth-order valence-electron chi connectivity index (χ4n) is 1.82. The van der Waals surface area contributed by atoms with Gasteiger partial charge in [-0.2, -0.15) is 5.26 Å². The Morgan fingerprint density at radius 3 is 2.58 bits per heavy atom. The van der Waals surface area contributed by atoms with E-state index in [2.05, 4.69) is 4.74 Å². The molecule has 0 fully saturated rings. The number of carbonyl (C=O) groups excluding carboxylic acids is 2. The van der Waals surface area contributed by atoms with Crippen molar-refractivity contribution in [1.82, 2.24) is 0 Å². The Labute approximate surface area is 137 Å². The molecule has 24 heavy (non-hydrogen) atoms. The van der Waals surface area contributed by atoms with Crippen molar-refractivity contribution in [3.63, 3.8) is 0 Å². The van der Waals surface area contributed by atoms with Crippen LogP contribution in [0.4, 0.5) is 0 Å². The number of nitriles is 1. The van der Waals surface area contributed by atoms with Crippen molar-refractivity contribution in [3.8, 4) is 17.6 Å². The summed E-state index contributed by atoms with van der Waals surface area (Å²) in [7, 11) is 2.59. The first-order valence-electron chi connectivity index (χ1n) is 6.73. The van der Waals surface area contributed by atoms with Crippen molar-refractivity contribution in [3.05, 3.63) is 53.5 Å². The number of furan rings is 1. The van der Waals surface area contributed by atoms with Gasteiger partial charge in [-0.25, -0.2) is 9.59 Å². The fourth-order valence-corrected chi connectivity index (χ4v) is 1.82. The van der Waals surface area contributed by atoms with Crippen molar-refractivity contribution in [2.24, 2.45) is 0 Å². The molecule has 0 unspecified atom stereocenters. The third-order valence-electron chi connectivity index (χ3n) is 2.95. The lowest BCUT2D eigenvalue weighted by molar-refractivity contribution is -0.135. The number of methoxy groups -OCH3 is 2. The van der Waals surface area contributed by atoms with Crippen molar-refractivity contribution < 1.29 is 28.2 Å². The molecule has 0 saturated carbocycles. The number of ether oxygens (including phenoxy) is 3. The van der Waals surface area contributed by atoms with E-state index in [-0.39, 0.29) is 22.8 Å². The third kappa shape index (κ3) is 3.81. The van der Waals surface area contributed by atoms with E-state index in [1.165, 1.54) is 44.8 Å². The summed E-state index contributed by atoms with van der Waals surface area (Å²) < 4.78 is 19.8. The number of esters is 2. The standard InChI is InChI=1S/C17H13NO6/c1-21-15-9-11(8-12(10-18)16(19)22-2)5-6-13(15)24-17(20)14-4-3-7-23-14/h3-9H,1-2H3/b12-8-. The summed E-state index contributed by atoms with van der Waals surface area (Å²) in [4.78, 5) is 23.3. The van der Waals surface area contributed by atoms with Crippen LogP contribution >= 0.6 is 0 Å². The number of benzene rings is 1. The van der Waals surface area contributed by atoms with Gasteiger partial charge in [0, 0.05) is 0 Å². The maximum atomic E-state index is 11.9. The van der Waals surface area contributed by atoms with Gasteiger partial charge in [0.2, 0.25) is 5.76 Å². The Bertz CT molecular complexity index is 814. The largest absolute Gasteiger partial charge is 0.493 e. The molecule has 0 bridgehead atoms. The third-order valence-corrected chi connectivity index (χ3v) is 2.95. The van der Waals surface area contributed by atoms with Crippen LogP contribution in [0.25, 0.3) is 6.08 Å². The van der Waals surface area contributed by atoms with E-state index >= 15 is 0 Å². The van der Waals surface area contributed by atoms with Gasteiger partial charge in [0.1, 0.15) is 11.6 Å². The number of nitrogens with zero attached hydrogens (tertiary/aromatic N) is 1. The summed E-state index contributed by atoms with van der Waals surface area (Å²) in [5.41, 5.74) is 0.339. The average molecular weight is 327 g/mol. The molecule has 0 aliphatic carbocycles. The molecule has 2 rings (SSSR count). The molecular formula is C17H13NO6. The van der Waals surface area contributed by atoms with E-state index < -0.39 is 11.9 Å². The summed E-state index contributed by atoms with van der Waals surface area (Å²) in [5, 5.41) is 8.96. The zero-order valence-corrected chi connectivity index (χ0v) is 12.9. The molecule has 0 aliphatic heterocycles. The minimum Gasteiger partial charge on any atom is -0.493 e. The minimum absolute atomic E-state index is 0.0542. The highest BCUT2D eigenvalue weighted by atomic mass is 16.6. The quantitative estimate of drug-likeness (QED) is 0.360. The molecule has 0 saturated heterocycles. The van der Waals surface area contributed by atoms with E-state index in [0.29, 0.717) is 5.56 Å². The normalized spacial score (nSPS) is 10.6. The lowest BCUT2D eigenvalue weighted by atomic mass is 10.1. The van der Waals surface area contributed by atoms with Crippen molar-refractivity contribution >= 4 is 18.0 Å². The van der Waals surface area contributed by atoms with Crippen molar-refractivity contribution in [2.45, 2.75) is 0 Å². The summed E-state index contributed by atoms with van der Waals surface area (Å²) in [5.74, 6) is -0.935. The van der Waals surface area contributed by atoms with Gasteiger partial charge in [0.25, 0.3) is 0 Å². The van der Waals surface area contributed by atoms with Gasteiger partial charge in [-0.3, -0.25) is 0 Å². The smallest absolute Gasteiger partial charge is 0.379 e. The zero-order valence-electron chi connectivity index (χ0n) is 12.9. The molecule has 1 aromatic carbocycles. The van der Waals surface area contributed by atoms with Crippen LogP contribution in [0.1, 0.15) is 16.1 Å². The molecule has 0 amide bonds. The summed E-state index contributed by atoms with van der Waals surface area (Å²) in [6.07, 6.45) is 2.70. The van der Waals surface area contributed by atoms with Crippen LogP contribution in [-0.4, -0.2) is 26.2 Å². The zero-order chi connectivity index (χ0) is 17.5. The molecule has 0 atom stereocenters. The molecule has 1 aromatic heterocycles. The van der Waals surface area contributed by atoms with Gasteiger partial charge in [-0.15, -0.1) is 0 Å². The SMILES string of the molecule is COC(=O)/C(C#N)=C\c1ccc(OC(=O)c2ccco2)c(OC)c1. The number of carbonyl (C=O) groups is 2. The van der Waals surface area contributed by atoms with Crippen LogP contribution in [0, 0.1) is 11.3 Å². The van der Waals surface area contributed by atoms with Crippen LogP contribution in [-0.2, 0) is 9.53 Å². The van der Waals surface area contributed by atoms with E-state index in [1.807, 2.05) is 0 Å². The number of hydrogen-bond acceptors (Lipinski definition) is 7. The maximum Gasteiger partial charge on any atom is 0.379 e. The highest BCUT2D eigenvalue weighted by molar-refractivity contribution is 5.97. The van der Waals surface area contributed by atoms with Gasteiger partial charge in [0.15, 0.2) is 11.5 Å². The highest BCUT2D eigenvalue weighted by Crippen LogP contribution is 2.29. The number of hydrogen-bond donors (Lipinski definition) is 0. The predicted octanol–water partition coefficient (Wildman–Crippen LogP) is 2.59. The highest BCUT2D eigenvalue weighted by Gasteiger charge is 2.15. The first-order chi connectivity index (χ1) is 11.6. The molecule has 0 N–H and O–H groups in total. The van der Waals surface area contributed by atoms with Crippen LogP contribution in [0.2, 0.25) is 0 Å². The van der Waals surface area contributed by atoms with Gasteiger partial charge < -0.3 is 18.6 Å². The Balaban J connectivity index is 2.28. The summed E-state index contributed by atoms with van der Waals surface area (Å²) in [6, 6.07) is 9.36. The van der Waals surface area contributed by atoms with Crippen molar-refractivity contribution in [2.75, 3.05) is 14.2 Å². The summed E-state index contributed by atoms with van der Waals surface area (Å²) >= 11 is 0. The Morgan fingerprint density at radius 2 is 2.00 bits per heavy atom. The predicted molar refractivity (Wildman–Crippen MR) is 82.3 cm³/mol. The Hall–Kier alpha value is -3.53. The maximum absolute atomic E-state index is 11.9. The molecule has 7 nitrogen and oxygen atoms in total. The van der Waals surface area contributed by atoms with Crippen LogP contribution in [0.3, 0.4) is 0 Å². The van der Waals surface area contributed by atoms with Crippen molar-refractivity contribution in [1.29, 1.82) is 5.26 Å². The van der Waals surface area contributed by atoms with Gasteiger partial charge in [-0.05, 0) is 35.9 Å². The molecule has 7 heteroatoms. The fraction of sp³-hybridized carbons (Fsp3) is 0.118. The second kappa shape index (κ2) is 7.65. The Morgan fingerprint density at radius 1 is 1.21 bits per heavy atom. The molecule has 1 heterocycles. The van der Waals surface area contributed by atoms with Gasteiger partial charge in [0.05, 0.1) is 20.5 Å². The second-order valence-corrected chi connectivity index (χ2v) is 4.44. The molecule has 122 valence electrons. The first kappa shape index (κ1) is 16.8. The van der Waals surface area contributed by atoms with Crippen LogP contribution in [0.5, 0.6) is 11.5 Å². The van der Waals surface area contributed by atoms with Crippen LogP contribution in [0.15, 0.2) is 46.6 Å². The second-order valence-electron chi connectivity index (χ2n) is 4.44. The monoisotopic (exact) mass is 327 g/mol. The topological polar surface area (TPSA) is 98.8 Å². The molecule has 2 aromatic rings. The van der Waals surface area contributed by atoms with E-state index in [9.17, 15) is 9.59 Å².